The predicted octanol–water partition coefficient (Wildman–Crippen LogP) is 2.41. The van der Waals surface area contributed by atoms with E-state index in [1.54, 1.807) is 0 Å². The molecule has 0 spiro atoms. The van der Waals surface area contributed by atoms with Gasteiger partial charge in [-0.2, -0.15) is 13.2 Å². The van der Waals surface area contributed by atoms with Crippen LogP contribution in [0, 0.1) is 0 Å². The van der Waals surface area contributed by atoms with Crippen molar-refractivity contribution in [3.63, 3.8) is 0 Å². The van der Waals surface area contributed by atoms with Crippen molar-refractivity contribution in [1.29, 1.82) is 0 Å². The lowest BCUT2D eigenvalue weighted by Gasteiger charge is -2.29. The third kappa shape index (κ3) is 4.66. The lowest BCUT2D eigenvalue weighted by Crippen LogP contribution is -2.42. The second-order valence-electron chi connectivity index (χ2n) is 6.60. The molecule has 1 fully saturated rings. The van der Waals surface area contributed by atoms with Crippen LogP contribution in [0.5, 0.6) is 0 Å². The van der Waals surface area contributed by atoms with Crippen molar-refractivity contribution >= 4 is 23.2 Å². The number of halogens is 3. The number of amides is 1. The van der Waals surface area contributed by atoms with Crippen LogP contribution in [-0.4, -0.2) is 32.9 Å². The first-order valence-electron chi connectivity index (χ1n) is 8.72. The van der Waals surface area contributed by atoms with Gasteiger partial charge in [0.15, 0.2) is 11.5 Å². The number of alkyl halides is 3. The number of aromatic nitrogens is 3. The van der Waals surface area contributed by atoms with Gasteiger partial charge in [-0.05, 0) is 18.9 Å². The molecule has 0 radical (unpaired) electrons. The molecule has 1 amide bonds. The molecule has 1 saturated carbocycles. The highest BCUT2D eigenvalue weighted by molar-refractivity contribution is 5.96. The quantitative estimate of drug-likeness (QED) is 0.611. The highest BCUT2D eigenvalue weighted by atomic mass is 19.4. The fraction of sp³-hybridized carbons (Fsp3) is 0.412. The van der Waals surface area contributed by atoms with Gasteiger partial charge in [-0.25, -0.2) is 9.97 Å². The Labute approximate surface area is 158 Å². The molecule has 2 heterocycles. The zero-order chi connectivity index (χ0) is 20.3. The van der Waals surface area contributed by atoms with Crippen LogP contribution in [-0.2, 0) is 6.18 Å². The van der Waals surface area contributed by atoms with E-state index in [0.717, 1.165) is 31.7 Å². The van der Waals surface area contributed by atoms with Crippen LogP contribution >= 0.6 is 0 Å². The summed E-state index contributed by atoms with van der Waals surface area (Å²) < 4.78 is 38.7. The zero-order valence-corrected chi connectivity index (χ0v) is 14.8. The van der Waals surface area contributed by atoms with Crippen LogP contribution < -0.4 is 22.1 Å². The number of hydrogen-bond acceptors (Lipinski definition) is 7. The summed E-state index contributed by atoms with van der Waals surface area (Å²) in [7, 11) is 0. The van der Waals surface area contributed by atoms with E-state index in [1.165, 1.54) is 12.4 Å². The molecular weight excluding hydrogens is 375 g/mol. The van der Waals surface area contributed by atoms with Gasteiger partial charge in [0.25, 0.3) is 5.91 Å². The summed E-state index contributed by atoms with van der Waals surface area (Å²) in [6.45, 7) is 0. The average Bonchev–Trinajstić information content (AvgIpc) is 2.63. The van der Waals surface area contributed by atoms with E-state index in [4.69, 9.17) is 11.5 Å². The van der Waals surface area contributed by atoms with E-state index in [2.05, 4.69) is 25.6 Å². The van der Waals surface area contributed by atoms with Crippen LogP contribution in [0.2, 0.25) is 0 Å². The van der Waals surface area contributed by atoms with E-state index in [-0.39, 0.29) is 29.3 Å². The Morgan fingerprint density at radius 1 is 1.18 bits per heavy atom. The lowest BCUT2D eigenvalue weighted by molar-refractivity contribution is -0.137. The maximum absolute atomic E-state index is 12.9. The van der Waals surface area contributed by atoms with Gasteiger partial charge < -0.3 is 22.1 Å². The Balaban J connectivity index is 1.87. The zero-order valence-electron chi connectivity index (χ0n) is 14.8. The molecule has 2 atom stereocenters. The lowest BCUT2D eigenvalue weighted by atomic mass is 9.91. The van der Waals surface area contributed by atoms with E-state index >= 15 is 0 Å². The van der Waals surface area contributed by atoms with Gasteiger partial charge in [-0.15, -0.1) is 0 Å². The maximum Gasteiger partial charge on any atom is 0.417 e. The maximum atomic E-state index is 12.9. The summed E-state index contributed by atoms with van der Waals surface area (Å²) in [5.41, 5.74) is 10.3. The largest absolute Gasteiger partial charge is 0.417 e. The summed E-state index contributed by atoms with van der Waals surface area (Å²) in [4.78, 5) is 23.5. The highest BCUT2D eigenvalue weighted by Crippen LogP contribution is 2.31. The Morgan fingerprint density at radius 3 is 2.61 bits per heavy atom. The van der Waals surface area contributed by atoms with Gasteiger partial charge in [0.1, 0.15) is 5.82 Å². The van der Waals surface area contributed by atoms with Crippen LogP contribution in [0.1, 0.15) is 41.7 Å². The minimum absolute atomic E-state index is 0.00172. The number of rotatable bonds is 5. The number of nitrogens with zero attached hydrogens (tertiary/aromatic N) is 3. The van der Waals surface area contributed by atoms with E-state index in [1.807, 2.05) is 0 Å². The first-order chi connectivity index (χ1) is 13.2. The fourth-order valence-electron chi connectivity index (χ4n) is 3.05. The molecule has 1 aliphatic rings. The number of hydrogen-bond donors (Lipinski definition) is 4. The molecule has 3 rings (SSSR count). The van der Waals surface area contributed by atoms with Crippen LogP contribution in [0.3, 0.4) is 0 Å². The molecule has 2 aromatic rings. The van der Waals surface area contributed by atoms with Crippen LogP contribution in [0.25, 0.3) is 0 Å². The van der Waals surface area contributed by atoms with Crippen molar-refractivity contribution in [3.8, 4) is 0 Å². The monoisotopic (exact) mass is 395 g/mol. The summed E-state index contributed by atoms with van der Waals surface area (Å²) in [6.07, 6.45) is 2.50. The van der Waals surface area contributed by atoms with Crippen LogP contribution in [0.15, 0.2) is 24.7 Å². The van der Waals surface area contributed by atoms with E-state index in [9.17, 15) is 18.0 Å². The molecule has 0 unspecified atom stereocenters. The van der Waals surface area contributed by atoms with Crippen molar-refractivity contribution in [1.82, 2.24) is 15.0 Å². The first kappa shape index (κ1) is 19.8. The van der Waals surface area contributed by atoms with Crippen molar-refractivity contribution in [2.75, 3.05) is 10.6 Å². The summed E-state index contributed by atoms with van der Waals surface area (Å²) in [6, 6.07) is 0.803. The molecule has 11 heteroatoms. The molecule has 0 aromatic carbocycles. The van der Waals surface area contributed by atoms with Gasteiger partial charge in [0, 0.05) is 18.3 Å². The molecule has 0 saturated heterocycles. The van der Waals surface area contributed by atoms with Gasteiger partial charge >= 0.3 is 6.18 Å². The second kappa shape index (κ2) is 7.97. The molecular formula is C17H20F3N7O. The smallest absolute Gasteiger partial charge is 0.364 e. The number of carbonyl (C=O) groups excluding carboxylic acids is 1. The van der Waals surface area contributed by atoms with Gasteiger partial charge in [0.2, 0.25) is 0 Å². The number of nitrogens with one attached hydrogen (secondary N) is 2. The predicted molar refractivity (Wildman–Crippen MR) is 96.9 cm³/mol. The normalized spacial score (nSPS) is 19.9. The minimum Gasteiger partial charge on any atom is -0.364 e. The van der Waals surface area contributed by atoms with Gasteiger partial charge in [-0.3, -0.25) is 9.78 Å². The Kier molecular flexibility index (Phi) is 5.63. The standard InChI is InChI=1S/C17H20F3N7O/c18-17(19,20)9-5-10(7-23-6-9)25-16-14(15(22)28)24-8-13(27-16)26-12-4-2-1-3-11(12)21/h5-8,11-12H,1-4,21H2,(H2,22,28)(H2,25,26,27)/t11-,12+/m0/s1. The SMILES string of the molecule is NC(=O)c1ncc(N[C@@H]2CCCC[C@@H]2N)nc1Nc1cncc(C(F)(F)F)c1. The molecule has 150 valence electrons. The number of pyridine rings is 1. The molecule has 0 aliphatic heterocycles. The van der Waals surface area contributed by atoms with Crippen molar-refractivity contribution in [3.05, 3.63) is 35.9 Å². The number of anilines is 3. The first-order valence-corrected chi connectivity index (χ1v) is 8.72. The summed E-state index contributed by atoms with van der Waals surface area (Å²) in [5, 5.41) is 5.82. The van der Waals surface area contributed by atoms with E-state index in [0.29, 0.717) is 12.0 Å². The van der Waals surface area contributed by atoms with Crippen molar-refractivity contribution < 1.29 is 18.0 Å². The van der Waals surface area contributed by atoms with Crippen molar-refractivity contribution in [2.45, 2.75) is 43.9 Å². The summed E-state index contributed by atoms with van der Waals surface area (Å²) >= 11 is 0. The van der Waals surface area contributed by atoms with Gasteiger partial charge in [0.05, 0.1) is 23.6 Å². The molecule has 28 heavy (non-hydrogen) atoms. The fourth-order valence-corrected chi connectivity index (χ4v) is 3.05. The molecule has 2 aromatic heterocycles. The molecule has 6 N–H and O–H groups in total. The molecule has 1 aliphatic carbocycles. The Hall–Kier alpha value is -2.95. The molecule has 8 nitrogen and oxygen atoms in total. The van der Waals surface area contributed by atoms with Crippen LogP contribution in [0.4, 0.5) is 30.5 Å². The average molecular weight is 395 g/mol. The topological polar surface area (TPSA) is 132 Å². The highest BCUT2D eigenvalue weighted by Gasteiger charge is 2.31. The number of primary amides is 1. The van der Waals surface area contributed by atoms with Crippen molar-refractivity contribution in [2.24, 2.45) is 11.5 Å². The Bertz CT molecular complexity index is 859. The molecule has 0 bridgehead atoms. The third-order valence-electron chi connectivity index (χ3n) is 4.49. The number of carbonyl (C=O) groups is 1. The third-order valence-corrected chi connectivity index (χ3v) is 4.49. The van der Waals surface area contributed by atoms with Gasteiger partial charge in [-0.1, -0.05) is 12.8 Å². The number of nitrogens with two attached hydrogens (primary N) is 2. The Morgan fingerprint density at radius 2 is 1.93 bits per heavy atom. The summed E-state index contributed by atoms with van der Waals surface area (Å²) in [5.74, 6) is -0.589. The minimum atomic E-state index is -4.55. The van der Waals surface area contributed by atoms with E-state index < -0.39 is 17.6 Å². The second-order valence-corrected chi connectivity index (χ2v) is 6.60.